The van der Waals surface area contributed by atoms with Gasteiger partial charge in [-0.25, -0.2) is 9.80 Å². The smallest absolute Gasteiger partial charge is 0.335 e. The highest BCUT2D eigenvalue weighted by Crippen LogP contribution is 2.15. The van der Waals surface area contributed by atoms with Gasteiger partial charge in [-0.1, -0.05) is 89.3 Å². The van der Waals surface area contributed by atoms with E-state index >= 15 is 0 Å². The van der Waals surface area contributed by atoms with Crippen molar-refractivity contribution in [2.75, 3.05) is 13.1 Å². The van der Waals surface area contributed by atoms with Gasteiger partial charge in [0.1, 0.15) is 0 Å². The summed E-state index contributed by atoms with van der Waals surface area (Å²) in [5.41, 5.74) is 1.44. The summed E-state index contributed by atoms with van der Waals surface area (Å²) in [5.74, 6) is 4.66. The molecule has 1 aliphatic rings. The molecule has 1 aliphatic heterocycles. The lowest BCUT2D eigenvalue weighted by Gasteiger charge is -2.20. The molecule has 0 aromatic heterocycles. The van der Waals surface area contributed by atoms with E-state index in [2.05, 4.69) is 6.92 Å². The van der Waals surface area contributed by atoms with Crippen molar-refractivity contribution in [1.29, 1.82) is 0 Å². The topological polar surface area (TPSA) is 66.6 Å². The SMILES string of the molecule is CCCCCCCCCCCCc1ccccc1C(=O)O.NN1CCCCC1. The van der Waals surface area contributed by atoms with Crippen molar-refractivity contribution in [3.8, 4) is 0 Å². The second-order valence-electron chi connectivity index (χ2n) is 7.99. The van der Waals surface area contributed by atoms with Gasteiger partial charge in [0, 0.05) is 13.1 Å². The summed E-state index contributed by atoms with van der Waals surface area (Å²) in [6, 6.07) is 7.37. The predicted octanol–water partition coefficient (Wildman–Crippen LogP) is 6.19. The highest BCUT2D eigenvalue weighted by atomic mass is 16.4. The Morgan fingerprint density at radius 2 is 1.43 bits per heavy atom. The average Bonchev–Trinajstić information content (AvgIpc) is 2.70. The number of rotatable bonds is 12. The Bertz CT molecular complexity index is 513. The van der Waals surface area contributed by atoms with Crippen LogP contribution in [0.25, 0.3) is 0 Å². The van der Waals surface area contributed by atoms with Crippen molar-refractivity contribution >= 4 is 5.97 Å². The second-order valence-corrected chi connectivity index (χ2v) is 7.99. The first-order valence-electron chi connectivity index (χ1n) is 11.5. The molecule has 0 spiro atoms. The molecule has 3 N–H and O–H groups in total. The number of carboxylic acid groups (broad SMARTS) is 1. The third kappa shape index (κ3) is 12.1. The van der Waals surface area contributed by atoms with E-state index in [9.17, 15) is 4.79 Å². The van der Waals surface area contributed by atoms with E-state index in [0.29, 0.717) is 5.56 Å². The van der Waals surface area contributed by atoms with E-state index in [1.807, 2.05) is 17.1 Å². The number of nitrogens with two attached hydrogens (primary N) is 1. The average molecular weight is 391 g/mol. The minimum Gasteiger partial charge on any atom is -0.478 e. The van der Waals surface area contributed by atoms with Gasteiger partial charge < -0.3 is 5.11 Å². The maximum absolute atomic E-state index is 11.1. The van der Waals surface area contributed by atoms with Crippen LogP contribution < -0.4 is 5.84 Å². The fraction of sp³-hybridized carbons (Fsp3) is 0.708. The molecule has 1 aromatic carbocycles. The zero-order chi connectivity index (χ0) is 20.5. The zero-order valence-corrected chi connectivity index (χ0v) is 18.0. The lowest BCUT2D eigenvalue weighted by atomic mass is 10.00. The third-order valence-electron chi connectivity index (χ3n) is 5.44. The zero-order valence-electron chi connectivity index (χ0n) is 18.0. The van der Waals surface area contributed by atoms with Gasteiger partial charge in [-0.3, -0.25) is 5.84 Å². The fourth-order valence-electron chi connectivity index (χ4n) is 3.67. The molecule has 1 saturated heterocycles. The van der Waals surface area contributed by atoms with Crippen LogP contribution in [0, 0.1) is 0 Å². The molecule has 160 valence electrons. The van der Waals surface area contributed by atoms with E-state index in [0.717, 1.165) is 31.5 Å². The van der Waals surface area contributed by atoms with E-state index in [1.54, 1.807) is 12.1 Å². The molecule has 1 heterocycles. The van der Waals surface area contributed by atoms with Gasteiger partial charge in [0.25, 0.3) is 0 Å². The number of carboxylic acids is 1. The van der Waals surface area contributed by atoms with Crippen LogP contribution in [-0.2, 0) is 6.42 Å². The van der Waals surface area contributed by atoms with Crippen LogP contribution in [0.15, 0.2) is 24.3 Å². The Kier molecular flexibility index (Phi) is 14.6. The fourth-order valence-corrected chi connectivity index (χ4v) is 3.67. The Hall–Kier alpha value is -1.39. The number of hydrazine groups is 1. The number of benzene rings is 1. The molecule has 4 nitrogen and oxygen atoms in total. The first kappa shape index (κ1) is 24.6. The largest absolute Gasteiger partial charge is 0.478 e. The summed E-state index contributed by atoms with van der Waals surface area (Å²) in [6.07, 6.45) is 18.0. The second kappa shape index (κ2) is 16.6. The third-order valence-corrected chi connectivity index (χ3v) is 5.44. The molecule has 1 aromatic rings. The highest BCUT2D eigenvalue weighted by molar-refractivity contribution is 5.89. The first-order valence-corrected chi connectivity index (χ1v) is 11.5. The normalized spacial score (nSPS) is 14.4. The van der Waals surface area contributed by atoms with Crippen molar-refractivity contribution in [1.82, 2.24) is 5.01 Å². The Morgan fingerprint density at radius 1 is 0.893 bits per heavy atom. The van der Waals surface area contributed by atoms with Crippen LogP contribution in [0.3, 0.4) is 0 Å². The molecule has 0 radical (unpaired) electrons. The van der Waals surface area contributed by atoms with Crippen molar-refractivity contribution in [2.45, 2.75) is 96.8 Å². The lowest BCUT2D eigenvalue weighted by molar-refractivity contribution is 0.0695. The van der Waals surface area contributed by atoms with Gasteiger partial charge in [-0.05, 0) is 37.3 Å². The first-order chi connectivity index (χ1) is 13.6. The summed E-state index contributed by atoms with van der Waals surface area (Å²) < 4.78 is 0. The minimum atomic E-state index is -0.808. The maximum atomic E-state index is 11.1. The van der Waals surface area contributed by atoms with Gasteiger partial charge in [0.15, 0.2) is 0 Å². The maximum Gasteiger partial charge on any atom is 0.335 e. The Labute approximate surface area is 172 Å². The van der Waals surface area contributed by atoms with Crippen molar-refractivity contribution in [2.24, 2.45) is 5.84 Å². The van der Waals surface area contributed by atoms with Crippen LogP contribution in [0.4, 0.5) is 0 Å². The molecule has 0 unspecified atom stereocenters. The van der Waals surface area contributed by atoms with E-state index < -0.39 is 5.97 Å². The summed E-state index contributed by atoms with van der Waals surface area (Å²) in [7, 11) is 0. The number of aryl methyl sites for hydroxylation is 1. The number of piperidine rings is 1. The molecule has 0 saturated carbocycles. The van der Waals surface area contributed by atoms with Crippen LogP contribution >= 0.6 is 0 Å². The van der Waals surface area contributed by atoms with Crippen molar-refractivity contribution in [3.63, 3.8) is 0 Å². The molecule has 0 bridgehead atoms. The summed E-state index contributed by atoms with van der Waals surface area (Å²) in [5, 5.41) is 11.0. The summed E-state index contributed by atoms with van der Waals surface area (Å²) in [6.45, 7) is 4.45. The van der Waals surface area contributed by atoms with Crippen LogP contribution in [0.2, 0.25) is 0 Å². The number of unbranched alkanes of at least 4 members (excludes halogenated alkanes) is 9. The van der Waals surface area contributed by atoms with E-state index in [1.165, 1.54) is 77.0 Å². The number of hydrogen-bond donors (Lipinski definition) is 2. The minimum absolute atomic E-state index is 0.466. The van der Waals surface area contributed by atoms with Gasteiger partial charge >= 0.3 is 5.97 Å². The Morgan fingerprint density at radius 3 is 1.93 bits per heavy atom. The van der Waals surface area contributed by atoms with E-state index in [-0.39, 0.29) is 0 Å². The molecule has 1 fully saturated rings. The molecule has 28 heavy (non-hydrogen) atoms. The van der Waals surface area contributed by atoms with Gasteiger partial charge in [-0.2, -0.15) is 0 Å². The number of carbonyl (C=O) groups is 1. The molecule has 0 amide bonds. The molecule has 0 atom stereocenters. The summed E-state index contributed by atoms with van der Waals surface area (Å²) in [4.78, 5) is 11.1. The van der Waals surface area contributed by atoms with Crippen molar-refractivity contribution in [3.05, 3.63) is 35.4 Å². The van der Waals surface area contributed by atoms with Gasteiger partial charge in [0.05, 0.1) is 5.56 Å². The van der Waals surface area contributed by atoms with Crippen LogP contribution in [0.5, 0.6) is 0 Å². The highest BCUT2D eigenvalue weighted by Gasteiger charge is 2.08. The standard InChI is InChI=1S/C19H30O2.C5H12N2/c1-2-3-4-5-6-7-8-9-10-11-14-17-15-12-13-16-18(17)19(20)21;6-7-4-2-1-3-5-7/h12-13,15-16H,2-11,14H2,1H3,(H,20,21);1-6H2. The van der Waals surface area contributed by atoms with Crippen LogP contribution in [0.1, 0.15) is 106 Å². The Balaban J connectivity index is 0.000000467. The molecular formula is C24H42N2O2. The van der Waals surface area contributed by atoms with Crippen LogP contribution in [-0.4, -0.2) is 29.2 Å². The van der Waals surface area contributed by atoms with Crippen molar-refractivity contribution < 1.29 is 9.90 Å². The number of aromatic carboxylic acids is 1. The summed E-state index contributed by atoms with van der Waals surface area (Å²) >= 11 is 0. The monoisotopic (exact) mass is 390 g/mol. The van der Waals surface area contributed by atoms with Gasteiger partial charge in [0.2, 0.25) is 0 Å². The molecule has 0 aliphatic carbocycles. The lowest BCUT2D eigenvalue weighted by Crippen LogP contribution is -2.35. The number of hydrogen-bond acceptors (Lipinski definition) is 3. The number of nitrogens with zero attached hydrogens (tertiary/aromatic N) is 1. The van der Waals surface area contributed by atoms with E-state index in [4.69, 9.17) is 10.9 Å². The molecule has 2 rings (SSSR count). The predicted molar refractivity (Wildman–Crippen MR) is 119 cm³/mol. The van der Waals surface area contributed by atoms with Gasteiger partial charge in [-0.15, -0.1) is 0 Å². The molecule has 4 heteroatoms. The molecular weight excluding hydrogens is 348 g/mol. The quantitative estimate of drug-likeness (QED) is 0.330.